The van der Waals surface area contributed by atoms with Gasteiger partial charge in [0, 0.05) is 12.4 Å². The van der Waals surface area contributed by atoms with E-state index in [0.717, 1.165) is 5.56 Å². The topological polar surface area (TPSA) is 46.0 Å². The van der Waals surface area contributed by atoms with E-state index in [0.29, 0.717) is 5.56 Å². The number of aliphatic hydroxyl groups excluding tert-OH is 1. The summed E-state index contributed by atoms with van der Waals surface area (Å²) in [6.45, 7) is 1.81. The fourth-order valence-corrected chi connectivity index (χ4v) is 1.50. The summed E-state index contributed by atoms with van der Waals surface area (Å²) in [7, 11) is 0. The van der Waals surface area contributed by atoms with E-state index in [1.54, 1.807) is 31.5 Å². The Morgan fingerprint density at radius 1 is 1.25 bits per heavy atom. The molecule has 1 unspecified atom stereocenters. The number of benzene rings is 1. The molecule has 0 saturated heterocycles. The number of aliphatic hydroxyl groups is 1. The highest BCUT2D eigenvalue weighted by Crippen LogP contribution is 2.22. The Morgan fingerprint density at radius 3 is 2.62 bits per heavy atom. The number of halogens is 1. The van der Waals surface area contributed by atoms with Crippen molar-refractivity contribution < 1.29 is 9.50 Å². The zero-order chi connectivity index (χ0) is 11.5. The third-order valence-corrected chi connectivity index (χ3v) is 2.37. The minimum Gasteiger partial charge on any atom is -0.380 e. The molecule has 1 aromatic heterocycles. The van der Waals surface area contributed by atoms with Crippen LogP contribution in [0.25, 0.3) is 0 Å². The smallest absolute Gasteiger partial charge is 0.161 e. The van der Waals surface area contributed by atoms with Crippen molar-refractivity contribution in [2.75, 3.05) is 0 Å². The third-order valence-electron chi connectivity index (χ3n) is 2.37. The van der Waals surface area contributed by atoms with Crippen molar-refractivity contribution in [2.45, 2.75) is 13.0 Å². The van der Waals surface area contributed by atoms with Crippen molar-refractivity contribution in [1.82, 2.24) is 9.97 Å². The van der Waals surface area contributed by atoms with E-state index in [1.165, 1.54) is 12.1 Å². The lowest BCUT2D eigenvalue weighted by Gasteiger charge is -2.12. The summed E-state index contributed by atoms with van der Waals surface area (Å²) in [6.07, 6.45) is 2.09. The lowest BCUT2D eigenvalue weighted by Crippen LogP contribution is -2.06. The van der Waals surface area contributed by atoms with Gasteiger partial charge < -0.3 is 5.11 Å². The van der Waals surface area contributed by atoms with Crippen LogP contribution in [0.15, 0.2) is 36.7 Å². The Balaban J connectivity index is 2.41. The molecule has 3 nitrogen and oxygen atoms in total. The molecular weight excluding hydrogens is 207 g/mol. The zero-order valence-electron chi connectivity index (χ0n) is 8.76. The average Bonchev–Trinajstić information content (AvgIpc) is 2.32. The van der Waals surface area contributed by atoms with Gasteiger partial charge in [-0.3, -0.25) is 0 Å². The first-order chi connectivity index (χ1) is 7.68. The second kappa shape index (κ2) is 4.37. The van der Waals surface area contributed by atoms with Gasteiger partial charge in [0.15, 0.2) is 5.82 Å². The van der Waals surface area contributed by atoms with Crippen LogP contribution in [0.4, 0.5) is 4.39 Å². The molecule has 1 heterocycles. The van der Waals surface area contributed by atoms with Crippen molar-refractivity contribution >= 4 is 0 Å². The van der Waals surface area contributed by atoms with Crippen molar-refractivity contribution in [1.29, 1.82) is 0 Å². The van der Waals surface area contributed by atoms with Gasteiger partial charge in [-0.05, 0) is 36.2 Å². The van der Waals surface area contributed by atoms with Crippen molar-refractivity contribution in [2.24, 2.45) is 0 Å². The SMILES string of the molecule is Cc1ccc(F)cc1C(O)c1ncccn1. The Labute approximate surface area is 92.6 Å². The summed E-state index contributed by atoms with van der Waals surface area (Å²) in [6, 6.07) is 5.94. The van der Waals surface area contributed by atoms with Gasteiger partial charge in [0.05, 0.1) is 0 Å². The third kappa shape index (κ3) is 2.06. The number of aromatic nitrogens is 2. The number of hydrogen-bond acceptors (Lipinski definition) is 3. The molecule has 1 aromatic carbocycles. The highest BCUT2D eigenvalue weighted by atomic mass is 19.1. The normalized spacial score (nSPS) is 12.4. The average molecular weight is 218 g/mol. The molecule has 2 rings (SSSR count). The van der Waals surface area contributed by atoms with Crippen LogP contribution in [0.1, 0.15) is 23.1 Å². The number of aryl methyl sites for hydroxylation is 1. The fourth-order valence-electron chi connectivity index (χ4n) is 1.50. The van der Waals surface area contributed by atoms with Crippen molar-refractivity contribution in [3.05, 3.63) is 59.4 Å². The van der Waals surface area contributed by atoms with Crippen molar-refractivity contribution in [3.63, 3.8) is 0 Å². The molecule has 0 aliphatic rings. The molecule has 0 bridgehead atoms. The maximum atomic E-state index is 13.1. The van der Waals surface area contributed by atoms with Gasteiger partial charge in [-0.2, -0.15) is 0 Å². The quantitative estimate of drug-likeness (QED) is 0.838. The molecule has 2 aromatic rings. The predicted molar refractivity (Wildman–Crippen MR) is 57.2 cm³/mol. The van der Waals surface area contributed by atoms with Gasteiger partial charge in [-0.25, -0.2) is 14.4 Å². The Morgan fingerprint density at radius 2 is 1.94 bits per heavy atom. The summed E-state index contributed by atoms with van der Waals surface area (Å²) >= 11 is 0. The van der Waals surface area contributed by atoms with Crippen LogP contribution in [0.5, 0.6) is 0 Å². The van der Waals surface area contributed by atoms with Gasteiger partial charge in [-0.1, -0.05) is 6.07 Å². The standard InChI is InChI=1S/C12H11FN2O/c1-8-3-4-9(13)7-10(8)11(16)12-14-5-2-6-15-12/h2-7,11,16H,1H3. The van der Waals surface area contributed by atoms with Crippen LogP contribution in [0.2, 0.25) is 0 Å². The van der Waals surface area contributed by atoms with Gasteiger partial charge >= 0.3 is 0 Å². The van der Waals surface area contributed by atoms with Gasteiger partial charge in [0.25, 0.3) is 0 Å². The molecule has 4 heteroatoms. The van der Waals surface area contributed by atoms with E-state index in [9.17, 15) is 9.50 Å². The van der Waals surface area contributed by atoms with Crippen LogP contribution >= 0.6 is 0 Å². The lowest BCUT2D eigenvalue weighted by molar-refractivity contribution is 0.208. The summed E-state index contributed by atoms with van der Waals surface area (Å²) in [4.78, 5) is 7.88. The summed E-state index contributed by atoms with van der Waals surface area (Å²) < 4.78 is 13.1. The predicted octanol–water partition coefficient (Wildman–Crippen LogP) is 2.01. The molecule has 0 amide bonds. The van der Waals surface area contributed by atoms with Gasteiger partial charge in [0.1, 0.15) is 11.9 Å². The van der Waals surface area contributed by atoms with E-state index in [1.807, 2.05) is 0 Å². The molecule has 0 radical (unpaired) electrons. The number of rotatable bonds is 2. The van der Waals surface area contributed by atoms with Crippen LogP contribution in [-0.2, 0) is 0 Å². The van der Waals surface area contributed by atoms with E-state index in [2.05, 4.69) is 9.97 Å². The van der Waals surface area contributed by atoms with Crippen LogP contribution in [-0.4, -0.2) is 15.1 Å². The highest BCUT2D eigenvalue weighted by Gasteiger charge is 2.15. The first-order valence-corrected chi connectivity index (χ1v) is 4.89. The fraction of sp³-hybridized carbons (Fsp3) is 0.167. The van der Waals surface area contributed by atoms with E-state index in [4.69, 9.17) is 0 Å². The van der Waals surface area contributed by atoms with Crippen molar-refractivity contribution in [3.8, 4) is 0 Å². The van der Waals surface area contributed by atoms with Crippen LogP contribution in [0.3, 0.4) is 0 Å². The highest BCUT2D eigenvalue weighted by molar-refractivity contribution is 5.31. The van der Waals surface area contributed by atoms with E-state index in [-0.39, 0.29) is 11.6 Å². The van der Waals surface area contributed by atoms with Gasteiger partial charge in [0.2, 0.25) is 0 Å². The Kier molecular flexibility index (Phi) is 2.92. The Bertz CT molecular complexity index is 488. The summed E-state index contributed by atoms with van der Waals surface area (Å²) in [5.41, 5.74) is 1.30. The largest absolute Gasteiger partial charge is 0.380 e. The van der Waals surface area contributed by atoms with E-state index < -0.39 is 6.10 Å². The molecule has 0 spiro atoms. The second-order valence-corrected chi connectivity index (χ2v) is 3.51. The molecule has 0 aliphatic carbocycles. The zero-order valence-corrected chi connectivity index (χ0v) is 8.76. The second-order valence-electron chi connectivity index (χ2n) is 3.51. The molecular formula is C12H11FN2O. The molecule has 82 valence electrons. The monoisotopic (exact) mass is 218 g/mol. The molecule has 0 saturated carbocycles. The van der Waals surface area contributed by atoms with Crippen LogP contribution in [0, 0.1) is 12.7 Å². The maximum Gasteiger partial charge on any atom is 0.161 e. The van der Waals surface area contributed by atoms with Gasteiger partial charge in [-0.15, -0.1) is 0 Å². The lowest BCUT2D eigenvalue weighted by atomic mass is 10.0. The summed E-state index contributed by atoms with van der Waals surface area (Å²) in [5.74, 6) is -0.105. The first-order valence-electron chi connectivity index (χ1n) is 4.89. The number of hydrogen-bond donors (Lipinski definition) is 1. The van der Waals surface area contributed by atoms with Crippen LogP contribution < -0.4 is 0 Å². The number of nitrogens with zero attached hydrogens (tertiary/aromatic N) is 2. The molecule has 1 N–H and O–H groups in total. The molecule has 0 aliphatic heterocycles. The maximum absolute atomic E-state index is 13.1. The molecule has 16 heavy (non-hydrogen) atoms. The molecule has 0 fully saturated rings. The van der Waals surface area contributed by atoms with E-state index >= 15 is 0 Å². The first kappa shape index (κ1) is 10.7. The summed E-state index contributed by atoms with van der Waals surface area (Å²) in [5, 5.41) is 10.0. The Hall–Kier alpha value is -1.81. The minimum atomic E-state index is -0.989. The minimum absolute atomic E-state index is 0.274. The molecule has 1 atom stereocenters.